The summed E-state index contributed by atoms with van der Waals surface area (Å²) in [6, 6.07) is 0. The third kappa shape index (κ3) is 33.6. The fraction of sp³-hybridized carbons (Fsp3) is 0.615. The van der Waals surface area contributed by atoms with Gasteiger partial charge in [0.1, 0.15) is 12.6 Å². The average molecular weight is 626 g/mol. The van der Waals surface area contributed by atoms with Crippen LogP contribution >= 0.6 is 0 Å². The summed E-state index contributed by atoms with van der Waals surface area (Å²) < 4.78 is 5.82. The Bertz CT molecular complexity index is 912. The third-order valence-corrected chi connectivity index (χ3v) is 7.10. The van der Waals surface area contributed by atoms with E-state index in [1.54, 1.807) is 0 Å². The number of esters is 1. The number of nitrogens with one attached hydrogen (secondary N) is 1. The molecule has 0 saturated heterocycles. The number of ether oxygens (including phenoxy) is 1. The SMILES string of the molecule is CC/C=C\C/C=C\C/C=C\C/C=C\C(CCCCCC(=O)NCC(=O)O)OC(=O)CCCCCCC/C=C\C/C=C\CCCC. The van der Waals surface area contributed by atoms with Crippen molar-refractivity contribution in [3.63, 3.8) is 0 Å². The summed E-state index contributed by atoms with van der Waals surface area (Å²) in [7, 11) is 0. The lowest BCUT2D eigenvalue weighted by atomic mass is 10.1. The summed E-state index contributed by atoms with van der Waals surface area (Å²) >= 11 is 0. The molecular formula is C39H63NO5. The van der Waals surface area contributed by atoms with Crippen molar-refractivity contribution in [1.82, 2.24) is 5.32 Å². The number of carbonyl (C=O) groups is 3. The van der Waals surface area contributed by atoms with Gasteiger partial charge in [-0.1, -0.05) is 119 Å². The summed E-state index contributed by atoms with van der Waals surface area (Å²) in [6.07, 6.45) is 44.5. The maximum atomic E-state index is 12.6. The first kappa shape index (κ1) is 41.9. The summed E-state index contributed by atoms with van der Waals surface area (Å²) in [6.45, 7) is 4.00. The van der Waals surface area contributed by atoms with Crippen LogP contribution in [0, 0.1) is 0 Å². The fourth-order valence-electron chi connectivity index (χ4n) is 4.50. The Balaban J connectivity index is 4.38. The van der Waals surface area contributed by atoms with Crippen molar-refractivity contribution in [2.24, 2.45) is 0 Å². The molecule has 254 valence electrons. The lowest BCUT2D eigenvalue weighted by Crippen LogP contribution is -2.28. The van der Waals surface area contributed by atoms with E-state index in [0.29, 0.717) is 25.7 Å². The summed E-state index contributed by atoms with van der Waals surface area (Å²) in [5, 5.41) is 11.1. The number of unbranched alkanes of at least 4 members (excludes halogenated alkanes) is 9. The van der Waals surface area contributed by atoms with E-state index in [-0.39, 0.29) is 24.5 Å². The predicted molar refractivity (Wildman–Crippen MR) is 189 cm³/mol. The van der Waals surface area contributed by atoms with Crippen LogP contribution in [0.5, 0.6) is 0 Å². The van der Waals surface area contributed by atoms with Gasteiger partial charge in [-0.15, -0.1) is 0 Å². The third-order valence-electron chi connectivity index (χ3n) is 7.10. The first-order valence-electron chi connectivity index (χ1n) is 17.6. The number of hydrogen-bond acceptors (Lipinski definition) is 4. The van der Waals surface area contributed by atoms with Gasteiger partial charge < -0.3 is 15.2 Å². The van der Waals surface area contributed by atoms with Crippen LogP contribution in [0.15, 0.2) is 72.9 Å². The zero-order valence-corrected chi connectivity index (χ0v) is 28.4. The van der Waals surface area contributed by atoms with Gasteiger partial charge in [-0.05, 0) is 83.1 Å². The number of allylic oxidation sites excluding steroid dienone is 11. The second-order valence-electron chi connectivity index (χ2n) is 11.4. The number of hydrogen-bond donors (Lipinski definition) is 2. The van der Waals surface area contributed by atoms with E-state index in [1.807, 2.05) is 6.08 Å². The van der Waals surface area contributed by atoms with Crippen molar-refractivity contribution in [3.8, 4) is 0 Å². The molecule has 6 heteroatoms. The van der Waals surface area contributed by atoms with Gasteiger partial charge in [-0.2, -0.15) is 0 Å². The summed E-state index contributed by atoms with van der Waals surface area (Å²) in [5.41, 5.74) is 0. The van der Waals surface area contributed by atoms with Crippen molar-refractivity contribution >= 4 is 17.8 Å². The van der Waals surface area contributed by atoms with Crippen molar-refractivity contribution in [2.75, 3.05) is 6.54 Å². The molecule has 0 aromatic rings. The maximum absolute atomic E-state index is 12.6. The Morgan fingerprint density at radius 3 is 1.80 bits per heavy atom. The molecular weight excluding hydrogens is 562 g/mol. The number of aliphatic carboxylic acids is 1. The summed E-state index contributed by atoms with van der Waals surface area (Å²) in [4.78, 5) is 34.9. The molecule has 0 fully saturated rings. The number of carbonyl (C=O) groups excluding carboxylic acids is 2. The highest BCUT2D eigenvalue weighted by atomic mass is 16.5. The Labute approximate surface area is 274 Å². The van der Waals surface area contributed by atoms with Gasteiger partial charge in [-0.3, -0.25) is 14.4 Å². The quantitative estimate of drug-likeness (QED) is 0.0471. The van der Waals surface area contributed by atoms with Crippen LogP contribution in [0.2, 0.25) is 0 Å². The van der Waals surface area contributed by atoms with Gasteiger partial charge in [-0.25, -0.2) is 0 Å². The van der Waals surface area contributed by atoms with Gasteiger partial charge in [0.15, 0.2) is 0 Å². The van der Waals surface area contributed by atoms with Crippen molar-refractivity contribution < 1.29 is 24.2 Å². The molecule has 0 aliphatic rings. The zero-order valence-electron chi connectivity index (χ0n) is 28.4. The molecule has 2 N–H and O–H groups in total. The molecule has 0 heterocycles. The number of rotatable bonds is 30. The largest absolute Gasteiger partial charge is 0.480 e. The van der Waals surface area contributed by atoms with Crippen LogP contribution in [0.25, 0.3) is 0 Å². The molecule has 0 rings (SSSR count). The minimum Gasteiger partial charge on any atom is -0.480 e. The average Bonchev–Trinajstić information content (AvgIpc) is 3.02. The molecule has 1 atom stereocenters. The predicted octanol–water partition coefficient (Wildman–Crippen LogP) is 10.3. The fourth-order valence-corrected chi connectivity index (χ4v) is 4.50. The molecule has 0 bridgehead atoms. The Hall–Kier alpha value is -3.15. The molecule has 45 heavy (non-hydrogen) atoms. The monoisotopic (exact) mass is 625 g/mol. The number of carboxylic acid groups (broad SMARTS) is 1. The van der Waals surface area contributed by atoms with Gasteiger partial charge in [0.2, 0.25) is 5.91 Å². The van der Waals surface area contributed by atoms with E-state index in [9.17, 15) is 14.4 Å². The highest BCUT2D eigenvalue weighted by Gasteiger charge is 2.12. The highest BCUT2D eigenvalue weighted by molar-refractivity contribution is 5.80. The van der Waals surface area contributed by atoms with E-state index in [1.165, 1.54) is 32.1 Å². The van der Waals surface area contributed by atoms with Crippen LogP contribution < -0.4 is 5.32 Å². The minimum absolute atomic E-state index is 0.148. The molecule has 6 nitrogen and oxygen atoms in total. The minimum atomic E-state index is -1.05. The molecule has 0 radical (unpaired) electrons. The molecule has 0 spiro atoms. The van der Waals surface area contributed by atoms with Gasteiger partial charge in [0.25, 0.3) is 0 Å². The Morgan fingerprint density at radius 1 is 0.622 bits per heavy atom. The molecule has 0 aromatic heterocycles. The summed E-state index contributed by atoms with van der Waals surface area (Å²) in [5.74, 6) is -1.44. The van der Waals surface area contributed by atoms with Gasteiger partial charge in [0.05, 0.1) is 0 Å². The normalized spacial score (nSPS) is 12.9. The molecule has 0 saturated carbocycles. The van der Waals surface area contributed by atoms with Crippen molar-refractivity contribution in [1.29, 1.82) is 0 Å². The maximum Gasteiger partial charge on any atom is 0.322 e. The standard InChI is InChI=1S/C39H63NO5/c1-3-5-7-9-11-13-15-16-17-19-21-23-25-30-34-39(44)45-36(32-28-26-29-33-37(41)40-35-38(42)43)31-27-24-22-20-18-14-12-10-8-6-4-2/h6,8-9,11-12,14-16,20,22,27,31,36H,3-5,7,10,13,17-19,21,23-26,28-30,32-35H2,1-2H3,(H,40,41)(H,42,43)/b8-6-,11-9-,14-12-,16-15-,22-20-,31-27-. The van der Waals surface area contributed by atoms with E-state index in [2.05, 4.69) is 86.0 Å². The molecule has 1 unspecified atom stereocenters. The molecule has 0 aromatic carbocycles. The van der Waals surface area contributed by atoms with Crippen LogP contribution in [0.1, 0.15) is 142 Å². The van der Waals surface area contributed by atoms with E-state index < -0.39 is 5.97 Å². The van der Waals surface area contributed by atoms with Gasteiger partial charge in [0, 0.05) is 12.8 Å². The van der Waals surface area contributed by atoms with E-state index in [4.69, 9.17) is 9.84 Å². The van der Waals surface area contributed by atoms with E-state index >= 15 is 0 Å². The Kier molecular flexibility index (Phi) is 31.4. The second kappa shape index (κ2) is 33.7. The van der Waals surface area contributed by atoms with Crippen LogP contribution in [-0.2, 0) is 19.1 Å². The number of carboxylic acids is 1. The molecule has 0 aliphatic heterocycles. The van der Waals surface area contributed by atoms with E-state index in [0.717, 1.165) is 70.6 Å². The smallest absolute Gasteiger partial charge is 0.322 e. The Morgan fingerprint density at radius 2 is 1.16 bits per heavy atom. The van der Waals surface area contributed by atoms with Crippen LogP contribution in [0.3, 0.4) is 0 Å². The van der Waals surface area contributed by atoms with Gasteiger partial charge >= 0.3 is 11.9 Å². The lowest BCUT2D eigenvalue weighted by molar-refractivity contribution is -0.147. The second-order valence-corrected chi connectivity index (χ2v) is 11.4. The lowest BCUT2D eigenvalue weighted by Gasteiger charge is -2.14. The van der Waals surface area contributed by atoms with Crippen molar-refractivity contribution in [3.05, 3.63) is 72.9 Å². The first-order chi connectivity index (χ1) is 22.0. The molecule has 0 aliphatic carbocycles. The zero-order chi connectivity index (χ0) is 33.1. The molecule has 1 amide bonds. The van der Waals surface area contributed by atoms with Crippen LogP contribution in [-0.4, -0.2) is 35.6 Å². The van der Waals surface area contributed by atoms with Crippen molar-refractivity contribution in [2.45, 2.75) is 148 Å². The first-order valence-corrected chi connectivity index (χ1v) is 17.6. The number of amides is 1. The topological polar surface area (TPSA) is 92.7 Å². The van der Waals surface area contributed by atoms with Crippen LogP contribution in [0.4, 0.5) is 0 Å². The highest BCUT2D eigenvalue weighted by Crippen LogP contribution is 2.14.